The summed E-state index contributed by atoms with van der Waals surface area (Å²) in [4.78, 5) is 18.9. The number of rotatable bonds is 7. The van der Waals surface area contributed by atoms with Crippen LogP contribution in [0.3, 0.4) is 0 Å². The van der Waals surface area contributed by atoms with Crippen LogP contribution in [0.15, 0.2) is 60.9 Å². The number of amides is 1. The molecule has 1 amide bonds. The number of hydrogen-bond acceptors (Lipinski definition) is 3. The Morgan fingerprint density at radius 2 is 1.92 bits per heavy atom. The largest absolute Gasteiger partial charge is 0.354 e. The molecule has 0 fully saturated rings. The van der Waals surface area contributed by atoms with Crippen molar-refractivity contribution in [2.75, 3.05) is 20.6 Å². The Morgan fingerprint density at radius 3 is 2.64 bits per heavy atom. The quantitative estimate of drug-likeness (QED) is 0.719. The average molecular weight is 336 g/mol. The van der Waals surface area contributed by atoms with E-state index in [9.17, 15) is 4.79 Å². The van der Waals surface area contributed by atoms with E-state index in [1.54, 1.807) is 0 Å². The first kappa shape index (κ1) is 17.2. The van der Waals surface area contributed by atoms with E-state index >= 15 is 0 Å². The Morgan fingerprint density at radius 1 is 1.16 bits per heavy atom. The first-order chi connectivity index (χ1) is 12.1. The zero-order valence-electron chi connectivity index (χ0n) is 14.7. The van der Waals surface area contributed by atoms with Gasteiger partial charge in [0.15, 0.2) is 0 Å². The lowest BCUT2D eigenvalue weighted by atomic mass is 10.1. The number of aromatic nitrogens is 2. The van der Waals surface area contributed by atoms with Crippen molar-refractivity contribution in [2.24, 2.45) is 0 Å². The average Bonchev–Trinajstić information content (AvgIpc) is 3.01. The van der Waals surface area contributed by atoms with Crippen molar-refractivity contribution in [1.29, 1.82) is 0 Å². The highest BCUT2D eigenvalue weighted by Crippen LogP contribution is 2.07. The number of likely N-dealkylation sites (N-methyl/N-ethyl adjacent to an activating group) is 1. The molecule has 0 aliphatic rings. The number of carbonyl (C=O) groups excluding carboxylic acids is 1. The summed E-state index contributed by atoms with van der Waals surface area (Å²) < 4.78 is 1.93. The summed E-state index contributed by atoms with van der Waals surface area (Å²) in [6.45, 7) is 0.619. The van der Waals surface area contributed by atoms with E-state index in [0.717, 1.165) is 17.8 Å². The molecule has 3 aromatic rings. The molecule has 5 heteroatoms. The van der Waals surface area contributed by atoms with Crippen molar-refractivity contribution < 1.29 is 4.79 Å². The van der Waals surface area contributed by atoms with E-state index in [-0.39, 0.29) is 11.9 Å². The van der Waals surface area contributed by atoms with Crippen LogP contribution in [0.2, 0.25) is 0 Å². The second-order valence-corrected chi connectivity index (χ2v) is 6.49. The molecular weight excluding hydrogens is 312 g/mol. The third-order valence-corrected chi connectivity index (χ3v) is 4.33. The number of fused-ring (bicyclic) bond motifs is 1. The van der Waals surface area contributed by atoms with Crippen LogP contribution >= 0.6 is 0 Å². The van der Waals surface area contributed by atoms with E-state index in [1.807, 2.05) is 67.3 Å². The van der Waals surface area contributed by atoms with E-state index in [1.165, 1.54) is 5.56 Å². The summed E-state index contributed by atoms with van der Waals surface area (Å²) in [6, 6.07) is 16.4. The van der Waals surface area contributed by atoms with Gasteiger partial charge in [-0.2, -0.15) is 0 Å². The van der Waals surface area contributed by atoms with Gasteiger partial charge in [-0.3, -0.25) is 4.79 Å². The van der Waals surface area contributed by atoms with Gasteiger partial charge in [0, 0.05) is 25.0 Å². The molecule has 0 saturated heterocycles. The first-order valence-corrected chi connectivity index (χ1v) is 8.51. The number of imidazole rings is 1. The third-order valence-electron chi connectivity index (χ3n) is 4.33. The van der Waals surface area contributed by atoms with Gasteiger partial charge in [-0.25, -0.2) is 4.98 Å². The van der Waals surface area contributed by atoms with Gasteiger partial charge >= 0.3 is 0 Å². The molecule has 1 aromatic carbocycles. The third kappa shape index (κ3) is 4.67. The van der Waals surface area contributed by atoms with Crippen molar-refractivity contribution in [3.63, 3.8) is 0 Å². The van der Waals surface area contributed by atoms with Gasteiger partial charge in [-0.05, 0) is 38.2 Å². The molecule has 25 heavy (non-hydrogen) atoms. The molecule has 130 valence electrons. The summed E-state index contributed by atoms with van der Waals surface area (Å²) in [6.07, 6.45) is 5.05. The zero-order valence-corrected chi connectivity index (χ0v) is 14.7. The van der Waals surface area contributed by atoms with Crippen molar-refractivity contribution >= 4 is 11.6 Å². The van der Waals surface area contributed by atoms with Gasteiger partial charge in [0.2, 0.25) is 5.91 Å². The molecule has 0 unspecified atom stereocenters. The summed E-state index contributed by atoms with van der Waals surface area (Å²) in [5, 5.41) is 3.05. The van der Waals surface area contributed by atoms with Crippen molar-refractivity contribution in [2.45, 2.75) is 18.9 Å². The van der Waals surface area contributed by atoms with E-state index in [2.05, 4.69) is 27.3 Å². The SMILES string of the molecule is CN(C)[C@@H](CNC(=O)Cc1cn2ccccc2n1)Cc1ccccc1. The van der Waals surface area contributed by atoms with E-state index < -0.39 is 0 Å². The fourth-order valence-electron chi connectivity index (χ4n) is 2.85. The number of pyridine rings is 1. The van der Waals surface area contributed by atoms with E-state index in [0.29, 0.717) is 13.0 Å². The fourth-order valence-corrected chi connectivity index (χ4v) is 2.85. The molecule has 0 aliphatic carbocycles. The van der Waals surface area contributed by atoms with Crippen LogP contribution in [0, 0.1) is 0 Å². The minimum Gasteiger partial charge on any atom is -0.354 e. The first-order valence-electron chi connectivity index (χ1n) is 8.51. The van der Waals surface area contributed by atoms with Crippen LogP contribution in [-0.4, -0.2) is 46.9 Å². The molecule has 1 N–H and O–H groups in total. The second-order valence-electron chi connectivity index (χ2n) is 6.49. The lowest BCUT2D eigenvalue weighted by Crippen LogP contribution is -2.42. The predicted molar refractivity (Wildman–Crippen MR) is 99.5 cm³/mol. The molecule has 0 spiro atoms. The maximum atomic E-state index is 12.3. The van der Waals surface area contributed by atoms with Gasteiger partial charge in [0.25, 0.3) is 0 Å². The topological polar surface area (TPSA) is 49.6 Å². The van der Waals surface area contributed by atoms with Crippen molar-refractivity contribution in [1.82, 2.24) is 19.6 Å². The van der Waals surface area contributed by atoms with Gasteiger partial charge in [-0.15, -0.1) is 0 Å². The highest BCUT2D eigenvalue weighted by atomic mass is 16.1. The van der Waals surface area contributed by atoms with Gasteiger partial charge in [-0.1, -0.05) is 36.4 Å². The maximum absolute atomic E-state index is 12.3. The van der Waals surface area contributed by atoms with Gasteiger partial charge in [0.05, 0.1) is 12.1 Å². The van der Waals surface area contributed by atoms with Crippen molar-refractivity contribution in [3.05, 3.63) is 72.2 Å². The van der Waals surface area contributed by atoms with Gasteiger partial charge < -0.3 is 14.6 Å². The summed E-state index contributed by atoms with van der Waals surface area (Å²) in [5.41, 5.74) is 2.92. The van der Waals surface area contributed by atoms with Gasteiger partial charge in [0.1, 0.15) is 5.65 Å². The summed E-state index contributed by atoms with van der Waals surface area (Å²) in [7, 11) is 4.09. The van der Waals surface area contributed by atoms with Crippen molar-refractivity contribution in [3.8, 4) is 0 Å². The van der Waals surface area contributed by atoms with Crippen LogP contribution < -0.4 is 5.32 Å². The molecule has 0 saturated carbocycles. The highest BCUT2D eigenvalue weighted by Gasteiger charge is 2.14. The molecule has 3 rings (SSSR count). The Kier molecular flexibility index (Phi) is 5.46. The number of hydrogen-bond donors (Lipinski definition) is 1. The standard InChI is InChI=1S/C20H24N4O/c1-23(2)18(12-16-8-4-3-5-9-16)14-21-20(25)13-17-15-24-11-7-6-10-19(24)22-17/h3-11,15,18H,12-14H2,1-2H3,(H,21,25)/t18-/m1/s1. The summed E-state index contributed by atoms with van der Waals surface area (Å²) in [5.74, 6) is 0.00307. The molecule has 2 aromatic heterocycles. The zero-order chi connectivity index (χ0) is 17.6. The maximum Gasteiger partial charge on any atom is 0.226 e. The molecule has 5 nitrogen and oxygen atoms in total. The fraction of sp³-hybridized carbons (Fsp3) is 0.300. The predicted octanol–water partition coefficient (Wildman–Crippen LogP) is 2.17. The Hall–Kier alpha value is -2.66. The van der Waals surface area contributed by atoms with Crippen LogP contribution in [0.25, 0.3) is 5.65 Å². The molecule has 2 heterocycles. The molecular formula is C20H24N4O. The lowest BCUT2D eigenvalue weighted by molar-refractivity contribution is -0.120. The number of carbonyl (C=O) groups is 1. The minimum absolute atomic E-state index is 0.00307. The Bertz CT molecular complexity index is 793. The molecule has 0 radical (unpaired) electrons. The van der Waals surface area contributed by atoms with Crippen LogP contribution in [0.4, 0.5) is 0 Å². The molecule has 0 bridgehead atoms. The number of benzene rings is 1. The normalized spacial score (nSPS) is 12.4. The Balaban J connectivity index is 1.56. The van der Waals surface area contributed by atoms with Crippen LogP contribution in [0.1, 0.15) is 11.3 Å². The number of nitrogens with one attached hydrogen (secondary N) is 1. The van der Waals surface area contributed by atoms with Crippen LogP contribution in [0.5, 0.6) is 0 Å². The highest BCUT2D eigenvalue weighted by molar-refractivity contribution is 5.78. The lowest BCUT2D eigenvalue weighted by Gasteiger charge is -2.24. The smallest absolute Gasteiger partial charge is 0.226 e. The van der Waals surface area contributed by atoms with E-state index in [4.69, 9.17) is 0 Å². The minimum atomic E-state index is 0.00307. The monoisotopic (exact) mass is 336 g/mol. The Labute approximate surface area is 148 Å². The molecule has 0 aliphatic heterocycles. The summed E-state index contributed by atoms with van der Waals surface area (Å²) >= 11 is 0. The number of nitrogens with zero attached hydrogens (tertiary/aromatic N) is 3. The second kappa shape index (κ2) is 7.94. The van der Waals surface area contributed by atoms with Crippen LogP contribution in [-0.2, 0) is 17.6 Å². The molecule has 1 atom stereocenters.